The fourth-order valence-electron chi connectivity index (χ4n) is 0.129. The first-order chi connectivity index (χ1) is 2.81. The van der Waals surface area contributed by atoms with Gasteiger partial charge in [-0.15, -0.1) is 0 Å². The van der Waals surface area contributed by atoms with Crippen molar-refractivity contribution < 1.29 is 36.4 Å². The van der Waals surface area contributed by atoms with Crippen molar-refractivity contribution in [2.75, 3.05) is 6.61 Å². The van der Waals surface area contributed by atoms with E-state index in [4.69, 9.17) is 10.2 Å². The Hall–Kier alpha value is 0.803. The van der Waals surface area contributed by atoms with Crippen LogP contribution in [0, 0.1) is 0 Å². The van der Waals surface area contributed by atoms with Crippen LogP contribution in [-0.2, 0) is 26.2 Å². The summed E-state index contributed by atoms with van der Waals surface area (Å²) in [6, 6.07) is 0. The smallest absolute Gasteiger partial charge is 0.0768 e. The second-order valence-electron chi connectivity index (χ2n) is 1.24. The summed E-state index contributed by atoms with van der Waals surface area (Å²) in [6.45, 7) is 1.71. The molecule has 0 saturated carbocycles. The second-order valence-corrected chi connectivity index (χ2v) is 1.24. The van der Waals surface area contributed by atoms with E-state index in [2.05, 4.69) is 0 Å². The van der Waals surface area contributed by atoms with Crippen LogP contribution in [0.1, 0.15) is 13.3 Å². The van der Waals surface area contributed by atoms with E-state index in [-0.39, 0.29) is 32.8 Å². The normalized spacial score (nSPS) is 12.4. The van der Waals surface area contributed by atoms with Crippen molar-refractivity contribution in [3.05, 3.63) is 0 Å². The minimum Gasteiger partial charge on any atom is -0.394 e. The Morgan fingerprint density at radius 2 is 2.00 bits per heavy atom. The van der Waals surface area contributed by atoms with Crippen LogP contribution in [0.5, 0.6) is 0 Å². The third-order valence-corrected chi connectivity index (χ3v) is 0.682. The first-order valence-electron chi connectivity index (χ1n) is 2.10. The number of aliphatic hydroxyl groups excluding tert-OH is 2. The van der Waals surface area contributed by atoms with Gasteiger partial charge in [0.15, 0.2) is 0 Å². The van der Waals surface area contributed by atoms with Crippen molar-refractivity contribution in [3.8, 4) is 0 Å². The number of hydrogen-bond donors (Lipinski definition) is 2. The molecule has 2 N–H and O–H groups in total. The molecule has 1 atom stereocenters. The van der Waals surface area contributed by atoms with E-state index in [1.54, 1.807) is 0 Å². The van der Waals surface area contributed by atoms with E-state index in [1.165, 1.54) is 0 Å². The zero-order valence-electron chi connectivity index (χ0n) is 4.39. The molecule has 0 heterocycles. The van der Waals surface area contributed by atoms with Gasteiger partial charge in [-0.1, -0.05) is 6.92 Å². The van der Waals surface area contributed by atoms with Gasteiger partial charge in [0.25, 0.3) is 0 Å². The fraction of sp³-hybridized carbons (Fsp3) is 1.00. The summed E-state index contributed by atoms with van der Waals surface area (Å²) >= 11 is 0. The summed E-state index contributed by atoms with van der Waals surface area (Å²) in [5.41, 5.74) is 0. The topological polar surface area (TPSA) is 40.5 Å². The molecule has 0 saturated heterocycles. The molecule has 7 heavy (non-hydrogen) atoms. The van der Waals surface area contributed by atoms with Crippen LogP contribution in [0.3, 0.4) is 0 Å². The van der Waals surface area contributed by atoms with Crippen LogP contribution in [0.25, 0.3) is 0 Å². The van der Waals surface area contributed by atoms with Crippen molar-refractivity contribution >= 4 is 0 Å². The molecule has 0 rings (SSSR count). The Balaban J connectivity index is 0. The van der Waals surface area contributed by atoms with Crippen LogP contribution in [0.2, 0.25) is 0 Å². The van der Waals surface area contributed by atoms with Crippen LogP contribution >= 0.6 is 0 Å². The van der Waals surface area contributed by atoms with Gasteiger partial charge in [-0.25, -0.2) is 0 Å². The third kappa shape index (κ3) is 6.80. The van der Waals surface area contributed by atoms with Gasteiger partial charge in [-0.05, 0) is 6.42 Å². The molecule has 0 aromatic carbocycles. The van der Waals surface area contributed by atoms with Crippen molar-refractivity contribution in [1.29, 1.82) is 0 Å². The van der Waals surface area contributed by atoms with Crippen molar-refractivity contribution in [2.45, 2.75) is 19.4 Å². The number of hydrogen-bond acceptors (Lipinski definition) is 2. The zero-order valence-corrected chi connectivity index (χ0v) is 6.84. The molecule has 42 valence electrons. The van der Waals surface area contributed by atoms with Crippen LogP contribution in [0.15, 0.2) is 0 Å². The number of rotatable bonds is 2. The Morgan fingerprint density at radius 3 is 2.00 bits per heavy atom. The first kappa shape index (κ1) is 10.7. The van der Waals surface area contributed by atoms with Gasteiger partial charge >= 0.3 is 0 Å². The van der Waals surface area contributed by atoms with Gasteiger partial charge < -0.3 is 10.2 Å². The molecular weight excluding hydrogens is 171 g/mol. The van der Waals surface area contributed by atoms with E-state index >= 15 is 0 Å². The van der Waals surface area contributed by atoms with Gasteiger partial charge in [0.2, 0.25) is 0 Å². The summed E-state index contributed by atoms with van der Waals surface area (Å²) in [6.07, 6.45) is 0.126. The van der Waals surface area contributed by atoms with Crippen LogP contribution < -0.4 is 0 Å². The van der Waals surface area contributed by atoms with Crippen molar-refractivity contribution in [2.24, 2.45) is 0 Å². The SMILES string of the molecule is CCC(O)CO.[Zr]. The molecule has 3 heteroatoms. The Labute approximate surface area is 62.7 Å². The van der Waals surface area contributed by atoms with E-state index in [0.29, 0.717) is 6.42 Å². The average molecular weight is 181 g/mol. The third-order valence-electron chi connectivity index (χ3n) is 0.682. The molecule has 0 aromatic rings. The van der Waals surface area contributed by atoms with Crippen LogP contribution in [0.4, 0.5) is 0 Å². The van der Waals surface area contributed by atoms with Gasteiger partial charge in [0.05, 0.1) is 12.7 Å². The molecular formula is C4H10O2Zr. The molecule has 0 radical (unpaired) electrons. The Kier molecular flexibility index (Phi) is 10.4. The van der Waals surface area contributed by atoms with E-state index < -0.39 is 6.10 Å². The first-order valence-corrected chi connectivity index (χ1v) is 2.10. The molecule has 0 aromatic heterocycles. The summed E-state index contributed by atoms with van der Waals surface area (Å²) < 4.78 is 0. The van der Waals surface area contributed by atoms with Gasteiger partial charge in [-0.3, -0.25) is 0 Å². The monoisotopic (exact) mass is 180 g/mol. The average Bonchev–Trinajstić information content (AvgIpc) is 1.65. The summed E-state index contributed by atoms with van der Waals surface area (Å²) in [5, 5.41) is 16.5. The van der Waals surface area contributed by atoms with Crippen LogP contribution in [-0.4, -0.2) is 22.9 Å². The Bertz CT molecular complexity index is 28.9. The summed E-state index contributed by atoms with van der Waals surface area (Å²) in [4.78, 5) is 0. The number of aliphatic hydroxyl groups is 2. The quantitative estimate of drug-likeness (QED) is 0.616. The summed E-state index contributed by atoms with van der Waals surface area (Å²) in [7, 11) is 0. The molecule has 0 aliphatic rings. The second kappa shape index (κ2) is 6.80. The van der Waals surface area contributed by atoms with E-state index in [1.807, 2.05) is 6.92 Å². The van der Waals surface area contributed by atoms with Crippen molar-refractivity contribution in [1.82, 2.24) is 0 Å². The molecule has 0 amide bonds. The predicted octanol–water partition coefficient (Wildman–Crippen LogP) is -0.253. The predicted molar refractivity (Wildman–Crippen MR) is 23.4 cm³/mol. The van der Waals surface area contributed by atoms with Crippen molar-refractivity contribution in [3.63, 3.8) is 0 Å². The molecule has 0 aliphatic heterocycles. The summed E-state index contributed by atoms with van der Waals surface area (Å²) in [5.74, 6) is 0. The maximum absolute atomic E-state index is 8.42. The Morgan fingerprint density at radius 1 is 1.57 bits per heavy atom. The zero-order chi connectivity index (χ0) is 4.99. The maximum Gasteiger partial charge on any atom is 0.0768 e. The standard InChI is InChI=1S/C4H10O2.Zr/c1-2-4(6)3-5;/h4-6H,2-3H2,1H3;. The molecule has 0 spiro atoms. The van der Waals surface area contributed by atoms with Gasteiger partial charge in [-0.2, -0.15) is 0 Å². The minimum atomic E-state index is -0.509. The van der Waals surface area contributed by atoms with Gasteiger partial charge in [0, 0.05) is 26.2 Å². The van der Waals surface area contributed by atoms with Gasteiger partial charge in [0.1, 0.15) is 0 Å². The molecule has 0 aliphatic carbocycles. The fourth-order valence-corrected chi connectivity index (χ4v) is 0.129. The molecule has 0 bridgehead atoms. The minimum absolute atomic E-state index is 0. The maximum atomic E-state index is 8.42. The largest absolute Gasteiger partial charge is 0.394 e. The molecule has 1 unspecified atom stereocenters. The van der Waals surface area contributed by atoms with E-state index in [0.717, 1.165) is 0 Å². The molecule has 2 nitrogen and oxygen atoms in total. The molecule has 0 fully saturated rings. The van der Waals surface area contributed by atoms with E-state index in [9.17, 15) is 0 Å².